The third-order valence-corrected chi connectivity index (χ3v) is 3.91. The van der Waals surface area contributed by atoms with Gasteiger partial charge in [0, 0.05) is 5.41 Å². The van der Waals surface area contributed by atoms with E-state index in [0.29, 0.717) is 0 Å². The smallest absolute Gasteiger partial charge is 0.319 e. The zero-order valence-electron chi connectivity index (χ0n) is 13.4. The van der Waals surface area contributed by atoms with Crippen LogP contribution in [-0.4, -0.2) is 29.2 Å². The molecule has 0 aliphatic carbocycles. The number of hydrogen-bond acceptors (Lipinski definition) is 3. The first kappa shape index (κ1) is 17.1. The molecule has 23 heavy (non-hydrogen) atoms. The maximum Gasteiger partial charge on any atom is 0.325 e. The largest absolute Gasteiger partial charge is 0.325 e. The third kappa shape index (κ3) is 2.95. The number of urea groups is 1. The van der Waals surface area contributed by atoms with Gasteiger partial charge in [-0.25, -0.2) is 13.6 Å². The van der Waals surface area contributed by atoms with Crippen molar-refractivity contribution >= 4 is 17.7 Å². The first-order valence-corrected chi connectivity index (χ1v) is 7.10. The average molecular weight is 324 g/mol. The fourth-order valence-corrected chi connectivity index (χ4v) is 2.22. The van der Waals surface area contributed by atoms with Crippen LogP contribution in [0.1, 0.15) is 33.3 Å². The number of nitrogens with zero attached hydrogens (tertiary/aromatic N) is 1. The van der Waals surface area contributed by atoms with Crippen molar-refractivity contribution in [2.75, 3.05) is 6.54 Å². The lowest BCUT2D eigenvalue weighted by atomic mass is 9.89. The van der Waals surface area contributed by atoms with E-state index in [0.717, 1.165) is 17.0 Å². The van der Waals surface area contributed by atoms with Gasteiger partial charge in [-0.05, 0) is 24.6 Å². The van der Waals surface area contributed by atoms with Crippen molar-refractivity contribution in [2.24, 2.45) is 5.41 Å². The Kier molecular flexibility index (Phi) is 4.00. The SMILES string of the molecule is CC(C)(C)C(=O)CN1C(=O)NC(C)(c2ccc(F)c(F)c2)C1=O. The van der Waals surface area contributed by atoms with Crippen LogP contribution in [0, 0.1) is 17.0 Å². The van der Waals surface area contributed by atoms with Gasteiger partial charge in [0.15, 0.2) is 17.4 Å². The van der Waals surface area contributed by atoms with Crippen molar-refractivity contribution < 1.29 is 23.2 Å². The first-order chi connectivity index (χ1) is 10.5. The number of imide groups is 1. The molecule has 0 spiro atoms. The molecule has 0 bridgehead atoms. The highest BCUT2D eigenvalue weighted by Gasteiger charge is 2.50. The molecule has 0 radical (unpaired) electrons. The topological polar surface area (TPSA) is 66.5 Å². The Labute approximate surface area is 132 Å². The van der Waals surface area contributed by atoms with E-state index in [1.54, 1.807) is 20.8 Å². The number of carbonyl (C=O) groups is 3. The van der Waals surface area contributed by atoms with Gasteiger partial charge in [0.05, 0.1) is 6.54 Å². The summed E-state index contributed by atoms with van der Waals surface area (Å²) in [7, 11) is 0. The highest BCUT2D eigenvalue weighted by atomic mass is 19.2. The highest BCUT2D eigenvalue weighted by molar-refractivity contribution is 6.09. The summed E-state index contributed by atoms with van der Waals surface area (Å²) >= 11 is 0. The number of amides is 3. The monoisotopic (exact) mass is 324 g/mol. The standard InChI is InChI=1S/C16H18F2N2O3/c1-15(2,3)12(21)8-20-13(22)16(4,19-14(20)23)9-5-6-10(17)11(18)7-9/h5-7H,8H2,1-4H3,(H,19,23). The summed E-state index contributed by atoms with van der Waals surface area (Å²) in [5, 5.41) is 2.45. The lowest BCUT2D eigenvalue weighted by molar-refractivity contribution is -0.136. The van der Waals surface area contributed by atoms with Gasteiger partial charge in [0.1, 0.15) is 5.54 Å². The quantitative estimate of drug-likeness (QED) is 0.868. The summed E-state index contributed by atoms with van der Waals surface area (Å²) < 4.78 is 26.5. The van der Waals surface area contributed by atoms with Crippen molar-refractivity contribution in [2.45, 2.75) is 33.2 Å². The Morgan fingerprint density at radius 2 is 1.83 bits per heavy atom. The number of benzene rings is 1. The molecule has 0 aromatic heterocycles. The summed E-state index contributed by atoms with van der Waals surface area (Å²) in [5.74, 6) is -3.12. The molecule has 7 heteroatoms. The van der Waals surface area contributed by atoms with Gasteiger partial charge in [-0.2, -0.15) is 0 Å². The zero-order valence-corrected chi connectivity index (χ0v) is 13.4. The fourth-order valence-electron chi connectivity index (χ4n) is 2.22. The number of carbonyl (C=O) groups excluding carboxylic acids is 3. The summed E-state index contributed by atoms with van der Waals surface area (Å²) in [5.41, 5.74) is -2.13. The van der Waals surface area contributed by atoms with Crippen LogP contribution in [0.25, 0.3) is 0 Å². The lowest BCUT2D eigenvalue weighted by Gasteiger charge is -2.23. The summed E-state index contributed by atoms with van der Waals surface area (Å²) in [6, 6.07) is 2.24. The Balaban J connectivity index is 2.33. The molecule has 1 aliphatic rings. The number of hydrogen-bond donors (Lipinski definition) is 1. The maximum absolute atomic E-state index is 13.4. The van der Waals surface area contributed by atoms with Crippen LogP contribution in [0.5, 0.6) is 0 Å². The van der Waals surface area contributed by atoms with Crippen molar-refractivity contribution in [3.63, 3.8) is 0 Å². The Morgan fingerprint density at radius 3 is 2.35 bits per heavy atom. The van der Waals surface area contributed by atoms with Gasteiger partial charge in [-0.1, -0.05) is 26.8 Å². The van der Waals surface area contributed by atoms with Gasteiger partial charge in [-0.15, -0.1) is 0 Å². The van der Waals surface area contributed by atoms with E-state index in [1.165, 1.54) is 13.0 Å². The second-order valence-corrected chi connectivity index (χ2v) is 6.75. The minimum atomic E-state index is -1.54. The van der Waals surface area contributed by atoms with Gasteiger partial charge in [0.2, 0.25) is 0 Å². The third-order valence-electron chi connectivity index (χ3n) is 3.91. The van der Waals surface area contributed by atoms with Crippen molar-refractivity contribution in [1.82, 2.24) is 10.2 Å². The van der Waals surface area contributed by atoms with Crippen LogP contribution in [0.3, 0.4) is 0 Å². The van der Waals surface area contributed by atoms with E-state index >= 15 is 0 Å². The van der Waals surface area contributed by atoms with E-state index in [9.17, 15) is 23.2 Å². The van der Waals surface area contributed by atoms with Crippen molar-refractivity contribution in [3.8, 4) is 0 Å². The number of nitrogens with one attached hydrogen (secondary N) is 1. The van der Waals surface area contributed by atoms with Crippen LogP contribution >= 0.6 is 0 Å². The van der Waals surface area contributed by atoms with E-state index < -0.39 is 34.5 Å². The number of Topliss-reactive ketones (excluding diaryl/α,β-unsaturated/α-hetero) is 1. The van der Waals surface area contributed by atoms with Crippen LogP contribution in [0.4, 0.5) is 13.6 Å². The maximum atomic E-state index is 13.4. The van der Waals surface area contributed by atoms with E-state index in [1.807, 2.05) is 0 Å². The van der Waals surface area contributed by atoms with E-state index in [2.05, 4.69) is 5.32 Å². The summed E-state index contributed by atoms with van der Waals surface area (Å²) in [6.45, 7) is 6.07. The second kappa shape index (κ2) is 5.40. The van der Waals surface area contributed by atoms with Crippen LogP contribution < -0.4 is 5.32 Å². The molecule has 1 aliphatic heterocycles. The van der Waals surface area contributed by atoms with Crippen molar-refractivity contribution in [3.05, 3.63) is 35.4 Å². The molecule has 1 aromatic rings. The Bertz CT molecular complexity index is 697. The van der Waals surface area contributed by atoms with Crippen LogP contribution in [0.2, 0.25) is 0 Å². The summed E-state index contributed by atoms with van der Waals surface area (Å²) in [4.78, 5) is 37.5. The van der Waals surface area contributed by atoms with Gasteiger partial charge in [0.25, 0.3) is 5.91 Å². The molecule has 1 atom stereocenters. The normalized spacial score (nSPS) is 21.6. The molecule has 3 amide bonds. The van der Waals surface area contributed by atoms with E-state index in [-0.39, 0.29) is 17.9 Å². The lowest BCUT2D eigenvalue weighted by Crippen LogP contribution is -2.42. The van der Waals surface area contributed by atoms with E-state index in [4.69, 9.17) is 0 Å². The minimum Gasteiger partial charge on any atom is -0.319 e. The number of ketones is 1. The molecule has 1 heterocycles. The van der Waals surface area contributed by atoms with Crippen molar-refractivity contribution in [1.29, 1.82) is 0 Å². The predicted molar refractivity (Wildman–Crippen MR) is 78.4 cm³/mol. The molecule has 1 aromatic carbocycles. The summed E-state index contributed by atoms with van der Waals surface area (Å²) in [6.07, 6.45) is 0. The number of halogens is 2. The highest BCUT2D eigenvalue weighted by Crippen LogP contribution is 2.30. The minimum absolute atomic E-state index is 0.112. The molecule has 2 rings (SSSR count). The van der Waals surface area contributed by atoms with Crippen LogP contribution in [-0.2, 0) is 15.1 Å². The molecule has 1 N–H and O–H groups in total. The molecule has 5 nitrogen and oxygen atoms in total. The second-order valence-electron chi connectivity index (χ2n) is 6.75. The Hall–Kier alpha value is -2.31. The van der Waals surface area contributed by atoms with Gasteiger partial charge in [-0.3, -0.25) is 14.5 Å². The first-order valence-electron chi connectivity index (χ1n) is 7.10. The molecule has 1 fully saturated rings. The molecular formula is C16H18F2N2O3. The Morgan fingerprint density at radius 1 is 1.22 bits per heavy atom. The molecule has 124 valence electrons. The van der Waals surface area contributed by atoms with Gasteiger partial charge >= 0.3 is 6.03 Å². The fraction of sp³-hybridized carbons (Fsp3) is 0.438. The molecule has 0 saturated carbocycles. The molecule has 1 saturated heterocycles. The zero-order chi connectivity index (χ0) is 17.6. The number of rotatable bonds is 3. The van der Waals surface area contributed by atoms with Crippen LogP contribution in [0.15, 0.2) is 18.2 Å². The predicted octanol–water partition coefficient (Wildman–Crippen LogP) is 2.35. The molecular weight excluding hydrogens is 306 g/mol. The molecule has 1 unspecified atom stereocenters. The average Bonchev–Trinajstić information content (AvgIpc) is 2.65. The van der Waals surface area contributed by atoms with Gasteiger partial charge < -0.3 is 5.32 Å².